The molecule has 0 aliphatic carbocycles. The molecule has 0 aliphatic heterocycles. The van der Waals surface area contributed by atoms with Gasteiger partial charge in [0, 0.05) is 53.5 Å². The number of carbonyl (C=O) groups excluding carboxylic acids is 10. The number of H-pyrrole nitrogens is 2. The number of aromatic nitrogens is 2. The van der Waals surface area contributed by atoms with Gasteiger partial charge in [-0.2, -0.15) is 0 Å². The Hall–Kier alpha value is -8.76. The minimum Gasteiger partial charge on any atom is -0.394 e. The molecule has 10 amide bonds. The van der Waals surface area contributed by atoms with Crippen LogP contribution in [0, 0.1) is 0 Å². The first kappa shape index (κ1) is 65.1. The minimum absolute atomic E-state index is 0.108. The van der Waals surface area contributed by atoms with Gasteiger partial charge in [0.05, 0.1) is 32.3 Å². The molecule has 0 saturated heterocycles. The molecule has 5 aromatic rings. The van der Waals surface area contributed by atoms with Crippen LogP contribution in [0.5, 0.6) is 0 Å². The Labute approximate surface area is 478 Å². The summed E-state index contributed by atoms with van der Waals surface area (Å²) in [6.07, 6.45) is 5.53. The van der Waals surface area contributed by atoms with Gasteiger partial charge in [-0.25, -0.2) is 0 Å². The van der Waals surface area contributed by atoms with E-state index in [9.17, 15) is 58.2 Å². The maximum atomic E-state index is 14.6. The highest BCUT2D eigenvalue weighted by atomic mass is 16.3. The summed E-state index contributed by atoms with van der Waals surface area (Å²) in [6, 6.07) is 12.0. The topological polar surface area (TPSA) is 455 Å². The van der Waals surface area contributed by atoms with Gasteiger partial charge in [-0.15, -0.1) is 0 Å². The Morgan fingerprint density at radius 2 is 0.904 bits per heavy atom. The monoisotopic (exact) mass is 1150 g/mol. The Kier molecular flexibility index (Phi) is 26.0. The van der Waals surface area contributed by atoms with Crippen LogP contribution < -0.4 is 70.8 Å². The van der Waals surface area contributed by atoms with E-state index >= 15 is 0 Å². The summed E-state index contributed by atoms with van der Waals surface area (Å²) in [6.45, 7) is -0.901. The van der Waals surface area contributed by atoms with E-state index in [0.717, 1.165) is 0 Å². The lowest BCUT2D eigenvalue weighted by molar-refractivity contribution is -0.136. The molecule has 5 rings (SSSR count). The van der Waals surface area contributed by atoms with Crippen LogP contribution in [-0.4, -0.2) is 167 Å². The van der Waals surface area contributed by atoms with Gasteiger partial charge in [-0.3, -0.25) is 47.9 Å². The van der Waals surface area contributed by atoms with Crippen molar-refractivity contribution >= 4 is 80.9 Å². The molecule has 27 heteroatoms. The summed E-state index contributed by atoms with van der Waals surface area (Å²) in [7, 11) is 0. The first-order valence-corrected chi connectivity index (χ1v) is 27.3. The maximum absolute atomic E-state index is 14.6. The lowest BCUT2D eigenvalue weighted by atomic mass is 10.0. The Morgan fingerprint density at radius 1 is 0.470 bits per heavy atom. The van der Waals surface area contributed by atoms with Crippen molar-refractivity contribution in [1.29, 1.82) is 0 Å². The first-order valence-electron chi connectivity index (χ1n) is 27.3. The molecule has 0 spiro atoms. The fourth-order valence-electron chi connectivity index (χ4n) is 8.89. The summed E-state index contributed by atoms with van der Waals surface area (Å²) in [5.41, 5.74) is 25.5. The van der Waals surface area contributed by atoms with E-state index in [1.165, 1.54) is 6.92 Å². The average Bonchev–Trinajstić information content (AvgIpc) is 4.13. The second-order valence-electron chi connectivity index (χ2n) is 19.9. The molecule has 0 aliphatic rings. The third-order valence-electron chi connectivity index (χ3n) is 13.6. The van der Waals surface area contributed by atoms with Crippen LogP contribution in [0.25, 0.3) is 21.8 Å². The molecule has 2 heterocycles. The zero-order valence-corrected chi connectivity index (χ0v) is 46.2. The minimum atomic E-state index is -1.74. The van der Waals surface area contributed by atoms with Gasteiger partial charge >= 0.3 is 0 Å². The van der Waals surface area contributed by atoms with Gasteiger partial charge in [0.15, 0.2) is 0 Å². The van der Waals surface area contributed by atoms with E-state index in [-0.39, 0.29) is 25.7 Å². The lowest BCUT2D eigenvalue weighted by Gasteiger charge is -2.26. The number of fused-ring (bicyclic) bond motifs is 2. The Morgan fingerprint density at radius 3 is 1.42 bits per heavy atom. The second-order valence-corrected chi connectivity index (χ2v) is 19.9. The number of unbranched alkanes of at least 4 members (excludes halogenated alkanes) is 2. The summed E-state index contributed by atoms with van der Waals surface area (Å²) in [4.78, 5) is 141. The van der Waals surface area contributed by atoms with Crippen LogP contribution >= 0.6 is 0 Å². The van der Waals surface area contributed by atoms with Crippen molar-refractivity contribution in [3.8, 4) is 0 Å². The third kappa shape index (κ3) is 20.3. The molecule has 448 valence electrons. The number of amides is 10. The van der Waals surface area contributed by atoms with Gasteiger partial charge in [-0.1, -0.05) is 73.2 Å². The number of nitrogens with two attached hydrogens (primary N) is 4. The van der Waals surface area contributed by atoms with Crippen molar-refractivity contribution in [3.63, 3.8) is 0 Å². The number of aliphatic hydroxyl groups is 2. The van der Waals surface area contributed by atoms with Crippen molar-refractivity contribution in [3.05, 3.63) is 108 Å². The number of aliphatic hydroxyl groups excluding tert-OH is 2. The molecule has 83 heavy (non-hydrogen) atoms. The third-order valence-corrected chi connectivity index (χ3v) is 13.6. The normalized spacial score (nSPS) is 14.0. The van der Waals surface area contributed by atoms with Crippen LogP contribution in [0.2, 0.25) is 0 Å². The van der Waals surface area contributed by atoms with Crippen LogP contribution in [0.3, 0.4) is 0 Å². The first-order chi connectivity index (χ1) is 39.8. The van der Waals surface area contributed by atoms with Crippen LogP contribution in [0.4, 0.5) is 0 Å². The predicted molar refractivity (Wildman–Crippen MR) is 307 cm³/mol. The average molecular weight is 1150 g/mol. The smallest absolute Gasteiger partial charge is 0.245 e. The van der Waals surface area contributed by atoms with Crippen LogP contribution in [-0.2, 0) is 67.2 Å². The number of rotatable bonds is 35. The van der Waals surface area contributed by atoms with Crippen molar-refractivity contribution in [2.45, 2.75) is 113 Å². The SMILES string of the molecule is C[C@@H](NC(=O)[C@H](Cc1c[nH]c2ccccc12)NC(=O)[C@H](CO)NC(=O)[C@@H](Cc1c[nH]c2ccccc12)NC(=O)[C@H](Cc1ccccc1)NC(=O)CNC(=O)[C@H](CCCCN)NC(=O)CNC(=O)[C@@H](N)CCCCN)C(=O)N[C@H](CO)C(N)=O. The molecule has 0 radical (unpaired) electrons. The molecule has 8 atom stereocenters. The molecule has 0 bridgehead atoms. The van der Waals surface area contributed by atoms with Gasteiger partial charge in [-0.05, 0) is 80.9 Å². The van der Waals surface area contributed by atoms with Crippen molar-refractivity contribution in [2.24, 2.45) is 22.9 Å². The van der Waals surface area contributed by atoms with Crippen molar-refractivity contribution in [1.82, 2.24) is 57.8 Å². The molecular weight excluding hydrogens is 1070 g/mol. The number of benzene rings is 3. The van der Waals surface area contributed by atoms with Crippen LogP contribution in [0.15, 0.2) is 91.3 Å². The molecule has 21 N–H and O–H groups in total. The van der Waals surface area contributed by atoms with E-state index in [2.05, 4.69) is 57.8 Å². The van der Waals surface area contributed by atoms with E-state index in [4.69, 9.17) is 22.9 Å². The zero-order chi connectivity index (χ0) is 60.4. The predicted octanol–water partition coefficient (Wildman–Crippen LogP) is -3.62. The van der Waals surface area contributed by atoms with E-state index in [0.29, 0.717) is 83.7 Å². The summed E-state index contributed by atoms with van der Waals surface area (Å²) in [5, 5.41) is 44.3. The largest absolute Gasteiger partial charge is 0.394 e. The van der Waals surface area contributed by atoms with Gasteiger partial charge in [0.2, 0.25) is 59.1 Å². The number of hydrogen-bond acceptors (Lipinski definition) is 15. The lowest BCUT2D eigenvalue weighted by Crippen LogP contribution is -2.61. The number of nitrogens with one attached hydrogen (secondary N) is 11. The molecule has 0 fully saturated rings. The summed E-state index contributed by atoms with van der Waals surface area (Å²) < 4.78 is 0. The molecular formula is C56H77N15O12. The summed E-state index contributed by atoms with van der Waals surface area (Å²) >= 11 is 0. The van der Waals surface area contributed by atoms with Gasteiger partial charge in [0.1, 0.15) is 42.3 Å². The number of aromatic amines is 2. The van der Waals surface area contributed by atoms with Gasteiger partial charge < -0.3 is 91.0 Å². The van der Waals surface area contributed by atoms with Crippen LogP contribution in [0.1, 0.15) is 62.1 Å². The van der Waals surface area contributed by atoms with Gasteiger partial charge in [0.25, 0.3) is 0 Å². The number of primary amides is 1. The quantitative estimate of drug-likeness (QED) is 0.0174. The Balaban J connectivity index is 1.34. The van der Waals surface area contributed by atoms with Crippen molar-refractivity contribution in [2.75, 3.05) is 39.4 Å². The number of hydrogen-bond donors (Lipinski definition) is 17. The van der Waals surface area contributed by atoms with Crippen molar-refractivity contribution < 1.29 is 58.2 Å². The summed E-state index contributed by atoms with van der Waals surface area (Å²) in [5.74, 6) is -8.45. The fourth-order valence-corrected chi connectivity index (χ4v) is 8.89. The molecule has 27 nitrogen and oxygen atoms in total. The highest BCUT2D eigenvalue weighted by Crippen LogP contribution is 2.21. The molecule has 3 aromatic carbocycles. The number of para-hydroxylation sites is 2. The second kappa shape index (κ2) is 33.2. The molecule has 0 unspecified atom stereocenters. The molecule has 2 aromatic heterocycles. The highest BCUT2D eigenvalue weighted by Gasteiger charge is 2.34. The van der Waals surface area contributed by atoms with E-state index in [1.807, 2.05) is 0 Å². The van der Waals surface area contributed by atoms with E-state index < -0.39 is 134 Å². The van der Waals surface area contributed by atoms with E-state index in [1.54, 1.807) is 91.3 Å². The fraction of sp³-hybridized carbons (Fsp3) is 0.429. The Bertz CT molecular complexity index is 3010. The maximum Gasteiger partial charge on any atom is 0.245 e. The molecule has 0 saturated carbocycles. The highest BCUT2D eigenvalue weighted by molar-refractivity contribution is 5.99. The standard InChI is InChI=1S/C56H77N15O12/c1-32(50(77)70-45(30-72)49(60)76)65-53(80)43(24-34-26-61-39-18-7-5-15-36(34)39)69-56(83)46(31-73)71-55(82)44(25-35-27-62-40-19-8-6-16-37(35)40)68-54(81)42(23-33-13-3-2-4-14-33)67-48(75)29-64-52(79)41(20-10-12-22-58)66-47(74)28-63-51(78)38(59)17-9-11-21-57/h2-8,13-16,18-19,26-27,32,38,41-46,61-62,72-73H,9-12,17,20-25,28-31,57-59H2,1H3,(H2,60,76)(H,63,78)(H,64,79)(H,65,80)(H,66,74)(H,67,75)(H,68,81)(H,69,83)(H,70,77)(H,71,82)/t32-,38+,41+,42+,43+,44-,45-,46+/m1/s1. The number of carbonyl (C=O) groups is 10. The zero-order valence-electron chi connectivity index (χ0n) is 46.2.